The van der Waals surface area contributed by atoms with Gasteiger partial charge in [-0.3, -0.25) is 0 Å². The van der Waals surface area contributed by atoms with Crippen LogP contribution >= 0.6 is 0 Å². The number of benzene rings is 1. The zero-order chi connectivity index (χ0) is 16.5. The van der Waals surface area contributed by atoms with E-state index in [1.165, 1.54) is 12.1 Å². The lowest BCUT2D eigenvalue weighted by molar-refractivity contribution is -0.137. The van der Waals surface area contributed by atoms with Gasteiger partial charge in [0, 0.05) is 12.7 Å². The van der Waals surface area contributed by atoms with Crippen molar-refractivity contribution in [1.82, 2.24) is 10.4 Å². The van der Waals surface area contributed by atoms with Gasteiger partial charge in [-0.05, 0) is 28.7 Å². The summed E-state index contributed by atoms with van der Waals surface area (Å²) >= 11 is 0. The van der Waals surface area contributed by atoms with E-state index in [9.17, 15) is 18.3 Å². The predicted octanol–water partition coefficient (Wildman–Crippen LogP) is 3.27. The lowest BCUT2D eigenvalue weighted by Gasteiger charge is -2.29. The first-order chi connectivity index (χ1) is 10.1. The third-order valence-electron chi connectivity index (χ3n) is 3.74. The second-order valence-corrected chi connectivity index (χ2v) is 6.60. The third kappa shape index (κ3) is 4.01. The zero-order valence-electron chi connectivity index (χ0n) is 12.9. The molecule has 0 saturated heterocycles. The molecule has 1 aliphatic heterocycles. The summed E-state index contributed by atoms with van der Waals surface area (Å²) in [5, 5.41) is 11.9. The summed E-state index contributed by atoms with van der Waals surface area (Å²) in [5.74, 6) is 0. The summed E-state index contributed by atoms with van der Waals surface area (Å²) < 4.78 is 37.7. The van der Waals surface area contributed by atoms with Crippen molar-refractivity contribution < 1.29 is 18.3 Å². The van der Waals surface area contributed by atoms with E-state index in [1.807, 2.05) is 27.0 Å². The summed E-state index contributed by atoms with van der Waals surface area (Å²) in [7, 11) is 0. The Bertz CT molecular complexity index is 544. The Morgan fingerprint density at radius 3 is 2.27 bits per heavy atom. The van der Waals surface area contributed by atoms with Crippen LogP contribution in [0.1, 0.15) is 31.9 Å². The van der Waals surface area contributed by atoms with Crippen LogP contribution < -0.4 is 5.43 Å². The van der Waals surface area contributed by atoms with E-state index >= 15 is 0 Å². The second kappa shape index (κ2) is 5.93. The average molecular weight is 314 g/mol. The molecule has 22 heavy (non-hydrogen) atoms. The van der Waals surface area contributed by atoms with Crippen molar-refractivity contribution in [3.63, 3.8) is 0 Å². The van der Waals surface area contributed by atoms with E-state index in [0.717, 1.165) is 23.3 Å². The number of nitrogens with one attached hydrogen (secondary N) is 1. The number of aliphatic hydroxyl groups excluding tert-OH is 1. The van der Waals surface area contributed by atoms with Crippen LogP contribution in [0.2, 0.25) is 0 Å². The van der Waals surface area contributed by atoms with Gasteiger partial charge < -0.3 is 10.1 Å². The number of alkyl halides is 3. The summed E-state index contributed by atoms with van der Waals surface area (Å²) in [6.45, 7) is 6.81. The van der Waals surface area contributed by atoms with Crippen molar-refractivity contribution in [2.24, 2.45) is 5.41 Å². The number of aliphatic hydroxyl groups is 1. The summed E-state index contributed by atoms with van der Waals surface area (Å²) in [6.07, 6.45) is -3.00. The second-order valence-electron chi connectivity index (χ2n) is 6.60. The number of nitrogens with zero attached hydrogens (tertiary/aromatic N) is 1. The van der Waals surface area contributed by atoms with Crippen molar-refractivity contribution in [2.45, 2.75) is 33.1 Å². The molecule has 0 fully saturated rings. The summed E-state index contributed by atoms with van der Waals surface area (Å²) in [6, 6.07) is 5.12. The maximum absolute atomic E-state index is 12.6. The highest BCUT2D eigenvalue weighted by molar-refractivity contribution is 5.68. The van der Waals surface area contributed by atoms with E-state index in [0.29, 0.717) is 13.1 Å². The van der Waals surface area contributed by atoms with Gasteiger partial charge >= 0.3 is 6.18 Å². The Morgan fingerprint density at radius 2 is 1.77 bits per heavy atom. The highest BCUT2D eigenvalue weighted by atomic mass is 19.4. The molecular weight excluding hydrogens is 293 g/mol. The molecule has 122 valence electrons. The van der Waals surface area contributed by atoms with E-state index in [4.69, 9.17) is 0 Å². The van der Waals surface area contributed by atoms with Crippen molar-refractivity contribution >= 4 is 5.57 Å². The van der Waals surface area contributed by atoms with E-state index in [2.05, 4.69) is 5.43 Å². The van der Waals surface area contributed by atoms with Crippen LogP contribution in [-0.4, -0.2) is 29.3 Å². The maximum atomic E-state index is 12.6. The largest absolute Gasteiger partial charge is 0.416 e. The van der Waals surface area contributed by atoms with Crippen molar-refractivity contribution in [2.75, 3.05) is 13.1 Å². The number of halogens is 3. The minimum absolute atomic E-state index is 0.230. The van der Waals surface area contributed by atoms with Crippen LogP contribution in [-0.2, 0) is 6.18 Å². The van der Waals surface area contributed by atoms with Crippen molar-refractivity contribution in [1.29, 1.82) is 0 Å². The molecule has 0 amide bonds. The molecule has 1 atom stereocenters. The topological polar surface area (TPSA) is 35.5 Å². The summed E-state index contributed by atoms with van der Waals surface area (Å²) in [5.41, 5.74) is 3.87. The van der Waals surface area contributed by atoms with Gasteiger partial charge in [-0.1, -0.05) is 32.9 Å². The number of hydrogen-bond donors (Lipinski definition) is 2. The van der Waals surface area contributed by atoms with E-state index in [-0.39, 0.29) is 5.41 Å². The lowest BCUT2D eigenvalue weighted by Crippen LogP contribution is -2.41. The highest BCUT2D eigenvalue weighted by Gasteiger charge is 2.30. The van der Waals surface area contributed by atoms with Crippen molar-refractivity contribution in [3.05, 3.63) is 41.6 Å². The van der Waals surface area contributed by atoms with Crippen LogP contribution in [0.4, 0.5) is 13.2 Å². The molecule has 1 aliphatic rings. The van der Waals surface area contributed by atoms with Gasteiger partial charge in [-0.2, -0.15) is 13.2 Å². The standard InChI is InChI=1S/C16H21F3N2O/c1-15(2,3)14(22)10-21-9-12(8-20-21)11-4-6-13(7-5-11)16(17,18)19/h4-7,9,14,20,22H,8,10H2,1-3H3/t14-/m1/s1. The molecular formula is C16H21F3N2O. The SMILES string of the molecule is CC(C)(C)[C@H](O)CN1C=C(c2ccc(C(F)(F)F)cc2)CN1. The van der Waals surface area contributed by atoms with Gasteiger partial charge in [0.2, 0.25) is 0 Å². The van der Waals surface area contributed by atoms with Gasteiger partial charge in [-0.25, -0.2) is 5.43 Å². The highest BCUT2D eigenvalue weighted by Crippen LogP contribution is 2.30. The molecule has 1 aromatic rings. The van der Waals surface area contributed by atoms with Gasteiger partial charge in [0.25, 0.3) is 0 Å². The maximum Gasteiger partial charge on any atom is 0.416 e. The molecule has 0 saturated carbocycles. The van der Waals surface area contributed by atoms with Crippen LogP contribution in [0.3, 0.4) is 0 Å². The minimum atomic E-state index is -4.32. The van der Waals surface area contributed by atoms with Crippen LogP contribution in [0.25, 0.3) is 5.57 Å². The Labute approximate surface area is 128 Å². The molecule has 0 radical (unpaired) electrons. The molecule has 0 aliphatic carbocycles. The quantitative estimate of drug-likeness (QED) is 0.899. The molecule has 0 bridgehead atoms. The van der Waals surface area contributed by atoms with Gasteiger partial charge in [0.15, 0.2) is 0 Å². The van der Waals surface area contributed by atoms with E-state index < -0.39 is 17.8 Å². The predicted molar refractivity (Wildman–Crippen MR) is 79.6 cm³/mol. The average Bonchev–Trinajstić information content (AvgIpc) is 2.85. The number of hydrazine groups is 1. The Kier molecular flexibility index (Phi) is 4.54. The molecule has 2 N–H and O–H groups in total. The molecule has 2 rings (SSSR count). The first kappa shape index (κ1) is 16.8. The van der Waals surface area contributed by atoms with Crippen LogP contribution in [0.5, 0.6) is 0 Å². The fourth-order valence-corrected chi connectivity index (χ4v) is 2.09. The van der Waals surface area contributed by atoms with Gasteiger partial charge in [-0.15, -0.1) is 0 Å². The molecule has 3 nitrogen and oxygen atoms in total. The first-order valence-electron chi connectivity index (χ1n) is 7.14. The smallest absolute Gasteiger partial charge is 0.391 e. The van der Waals surface area contributed by atoms with Crippen molar-refractivity contribution in [3.8, 4) is 0 Å². The molecule has 1 heterocycles. The summed E-state index contributed by atoms with van der Waals surface area (Å²) in [4.78, 5) is 0. The molecule has 1 aromatic carbocycles. The minimum Gasteiger partial charge on any atom is -0.391 e. The number of hydrogen-bond acceptors (Lipinski definition) is 3. The molecule has 0 aromatic heterocycles. The third-order valence-corrected chi connectivity index (χ3v) is 3.74. The fraction of sp³-hybridized carbons (Fsp3) is 0.500. The fourth-order valence-electron chi connectivity index (χ4n) is 2.09. The molecule has 0 unspecified atom stereocenters. The molecule has 6 heteroatoms. The van der Waals surface area contributed by atoms with Crippen LogP contribution in [0, 0.1) is 5.41 Å². The van der Waals surface area contributed by atoms with E-state index in [1.54, 1.807) is 5.01 Å². The zero-order valence-corrected chi connectivity index (χ0v) is 12.9. The lowest BCUT2D eigenvalue weighted by atomic mass is 9.89. The normalized spacial score (nSPS) is 17.6. The number of rotatable bonds is 3. The monoisotopic (exact) mass is 314 g/mol. The first-order valence-corrected chi connectivity index (χ1v) is 7.14. The van der Waals surface area contributed by atoms with Gasteiger partial charge in [0.05, 0.1) is 18.2 Å². The van der Waals surface area contributed by atoms with Gasteiger partial charge in [0.1, 0.15) is 0 Å². The Hall–Kier alpha value is -1.53. The number of β-amino-alcohol motifs (C(OH)–C–C–N with tert-alkyl or cyclic N) is 1. The Balaban J connectivity index is 2.06. The molecule has 0 spiro atoms. The van der Waals surface area contributed by atoms with Crippen LogP contribution in [0.15, 0.2) is 30.5 Å². The Morgan fingerprint density at radius 1 is 1.18 bits per heavy atom.